The number of rotatable bonds is 2. The number of amides is 2. The van der Waals surface area contributed by atoms with Crippen LogP contribution in [0, 0.1) is 12.7 Å². The summed E-state index contributed by atoms with van der Waals surface area (Å²) >= 11 is 2.95. The zero-order chi connectivity index (χ0) is 18.9. The number of alkyl halides is 1. The van der Waals surface area contributed by atoms with E-state index in [-0.39, 0.29) is 23.4 Å². The maximum atomic E-state index is 13.8. The number of nitrogens with zero attached hydrogens (tertiary/aromatic N) is 2. The molecule has 2 amide bonds. The summed E-state index contributed by atoms with van der Waals surface area (Å²) in [6, 6.07) is 0.195. The predicted octanol–water partition coefficient (Wildman–Crippen LogP) is 3.58. The normalized spacial score (nSPS) is 20.5. The minimum absolute atomic E-state index is 0.0489. The number of nitrogens with one attached hydrogen (secondary N) is 1. The Kier molecular flexibility index (Phi) is 5.65. The molecule has 0 spiro atoms. The van der Waals surface area contributed by atoms with Crippen LogP contribution in [0.5, 0.6) is 0 Å². The molecule has 9 heteroatoms. The summed E-state index contributed by atoms with van der Waals surface area (Å²) in [5.41, 5.74) is -0.348. The lowest BCUT2D eigenvalue weighted by atomic mass is 10.2. The van der Waals surface area contributed by atoms with Crippen molar-refractivity contribution in [3.8, 4) is 0 Å². The quantitative estimate of drug-likeness (QED) is 0.743. The average molecular weight is 420 g/mol. The molecule has 0 aliphatic carbocycles. The molecule has 25 heavy (non-hydrogen) atoms. The number of carbonyl (C=O) groups is 2. The van der Waals surface area contributed by atoms with Gasteiger partial charge in [0.15, 0.2) is 5.82 Å². The monoisotopic (exact) mass is 419 g/mol. The Morgan fingerprint density at radius 2 is 2.08 bits per heavy atom. The van der Waals surface area contributed by atoms with Gasteiger partial charge < -0.3 is 10.1 Å². The van der Waals surface area contributed by atoms with E-state index in [9.17, 15) is 18.4 Å². The maximum Gasteiger partial charge on any atom is 0.411 e. The van der Waals surface area contributed by atoms with Gasteiger partial charge in [0, 0.05) is 6.42 Å². The van der Waals surface area contributed by atoms with Gasteiger partial charge in [-0.15, -0.1) is 0 Å². The lowest BCUT2D eigenvalue weighted by Gasteiger charge is -2.27. The minimum Gasteiger partial charge on any atom is -0.444 e. The smallest absolute Gasteiger partial charge is 0.411 e. The molecule has 2 rings (SSSR count). The first-order valence-electron chi connectivity index (χ1n) is 7.75. The third kappa shape index (κ3) is 4.87. The number of pyridine rings is 1. The van der Waals surface area contributed by atoms with Crippen molar-refractivity contribution in [3.05, 3.63) is 22.1 Å². The minimum atomic E-state index is -1.32. The van der Waals surface area contributed by atoms with Crippen LogP contribution in [0.4, 0.5) is 19.4 Å². The van der Waals surface area contributed by atoms with Crippen LogP contribution in [0.1, 0.15) is 32.8 Å². The van der Waals surface area contributed by atoms with Gasteiger partial charge >= 0.3 is 6.09 Å². The van der Waals surface area contributed by atoms with Crippen LogP contribution in [0.15, 0.2) is 10.7 Å². The van der Waals surface area contributed by atoms with Crippen LogP contribution in [0.25, 0.3) is 0 Å². The first kappa shape index (κ1) is 19.6. The molecule has 0 aromatic carbocycles. The van der Waals surface area contributed by atoms with Gasteiger partial charge in [0.1, 0.15) is 28.2 Å². The molecule has 1 saturated heterocycles. The number of carbonyl (C=O) groups excluding carboxylic acids is 2. The molecule has 138 valence electrons. The van der Waals surface area contributed by atoms with Crippen LogP contribution in [-0.4, -0.2) is 46.2 Å². The molecule has 6 nitrogen and oxygen atoms in total. The van der Waals surface area contributed by atoms with Crippen molar-refractivity contribution >= 4 is 33.7 Å². The Morgan fingerprint density at radius 3 is 2.68 bits per heavy atom. The molecular weight excluding hydrogens is 400 g/mol. The highest BCUT2D eigenvalue weighted by Gasteiger charge is 2.42. The fourth-order valence-corrected chi connectivity index (χ4v) is 2.73. The molecule has 0 radical (unpaired) electrons. The van der Waals surface area contributed by atoms with Crippen molar-refractivity contribution in [2.45, 2.75) is 51.9 Å². The standard InChI is InChI=1S/C16H20BrF2N3O3/c1-8-5-10(19)12(17)20-13(8)21-14(23)11-6-9(18)7-22(11)15(24)25-16(2,3)4/h5,9,11H,6-7H2,1-4H3,(H,20,21,23). The third-order valence-electron chi connectivity index (χ3n) is 3.55. The van der Waals surface area contributed by atoms with Crippen LogP contribution in [0.2, 0.25) is 0 Å². The van der Waals surface area contributed by atoms with Gasteiger partial charge in [-0.05, 0) is 55.3 Å². The first-order chi connectivity index (χ1) is 11.5. The number of ether oxygens (including phenoxy) is 1. The van der Waals surface area contributed by atoms with Crippen LogP contribution >= 0.6 is 15.9 Å². The number of likely N-dealkylation sites (tertiary alicyclic amines) is 1. The number of aromatic nitrogens is 1. The van der Waals surface area contributed by atoms with Gasteiger partial charge in [0.05, 0.1) is 6.54 Å². The summed E-state index contributed by atoms with van der Waals surface area (Å²) in [5.74, 6) is -1.01. The average Bonchev–Trinajstić information content (AvgIpc) is 2.85. The molecule has 1 aromatic heterocycles. The summed E-state index contributed by atoms with van der Waals surface area (Å²) in [7, 11) is 0. The molecule has 1 N–H and O–H groups in total. The van der Waals surface area contributed by atoms with Crippen molar-refractivity contribution in [3.63, 3.8) is 0 Å². The van der Waals surface area contributed by atoms with E-state index in [1.165, 1.54) is 6.07 Å². The van der Waals surface area contributed by atoms with Gasteiger partial charge in [-0.2, -0.15) is 0 Å². The molecule has 2 unspecified atom stereocenters. The zero-order valence-electron chi connectivity index (χ0n) is 14.4. The van der Waals surface area contributed by atoms with Crippen molar-refractivity contribution in [1.82, 2.24) is 9.88 Å². The number of anilines is 1. The highest BCUT2D eigenvalue weighted by atomic mass is 79.9. The SMILES string of the molecule is Cc1cc(F)c(Br)nc1NC(=O)C1CC(F)CN1C(=O)OC(C)(C)C. The maximum absolute atomic E-state index is 13.8. The summed E-state index contributed by atoms with van der Waals surface area (Å²) in [4.78, 5) is 29.7. The van der Waals surface area contributed by atoms with E-state index < -0.39 is 35.6 Å². The molecular formula is C16H20BrF2N3O3. The Balaban J connectivity index is 2.16. The van der Waals surface area contributed by atoms with Crippen molar-refractivity contribution in [1.29, 1.82) is 0 Å². The van der Waals surface area contributed by atoms with E-state index in [1.54, 1.807) is 27.7 Å². The summed E-state index contributed by atoms with van der Waals surface area (Å²) in [6.45, 7) is 6.42. The van der Waals surface area contributed by atoms with E-state index in [0.29, 0.717) is 5.56 Å². The molecule has 0 saturated carbocycles. The van der Waals surface area contributed by atoms with Gasteiger partial charge in [-0.1, -0.05) is 0 Å². The fraction of sp³-hybridized carbons (Fsp3) is 0.562. The number of hydrogen-bond acceptors (Lipinski definition) is 4. The molecule has 1 aliphatic rings. The molecule has 1 aliphatic heterocycles. The fourth-order valence-electron chi connectivity index (χ4n) is 2.44. The van der Waals surface area contributed by atoms with Crippen molar-refractivity contribution < 1.29 is 23.1 Å². The van der Waals surface area contributed by atoms with Crippen LogP contribution in [0.3, 0.4) is 0 Å². The Bertz CT molecular complexity index is 694. The third-order valence-corrected chi connectivity index (χ3v) is 4.10. The molecule has 2 atom stereocenters. The highest BCUT2D eigenvalue weighted by Crippen LogP contribution is 2.26. The molecule has 2 heterocycles. The Hall–Kier alpha value is -1.77. The van der Waals surface area contributed by atoms with Gasteiger partial charge in [0.2, 0.25) is 5.91 Å². The van der Waals surface area contributed by atoms with Crippen LogP contribution < -0.4 is 5.32 Å². The van der Waals surface area contributed by atoms with E-state index in [1.807, 2.05) is 0 Å². The van der Waals surface area contributed by atoms with Crippen molar-refractivity contribution in [2.75, 3.05) is 11.9 Å². The molecule has 1 fully saturated rings. The lowest BCUT2D eigenvalue weighted by Crippen LogP contribution is -2.45. The highest BCUT2D eigenvalue weighted by molar-refractivity contribution is 9.10. The number of aryl methyl sites for hydroxylation is 1. The summed E-state index contributed by atoms with van der Waals surface area (Å²) in [5, 5.41) is 2.53. The van der Waals surface area contributed by atoms with E-state index in [4.69, 9.17) is 4.74 Å². The van der Waals surface area contributed by atoms with Crippen molar-refractivity contribution in [2.24, 2.45) is 0 Å². The largest absolute Gasteiger partial charge is 0.444 e. The number of hydrogen-bond donors (Lipinski definition) is 1. The number of halogens is 3. The zero-order valence-corrected chi connectivity index (χ0v) is 16.0. The van der Waals surface area contributed by atoms with Gasteiger partial charge in [0.25, 0.3) is 0 Å². The first-order valence-corrected chi connectivity index (χ1v) is 8.54. The second-order valence-electron chi connectivity index (χ2n) is 6.90. The molecule has 1 aromatic rings. The van der Waals surface area contributed by atoms with Gasteiger partial charge in [-0.3, -0.25) is 9.69 Å². The van der Waals surface area contributed by atoms with Gasteiger partial charge in [-0.25, -0.2) is 18.6 Å². The molecule has 0 bridgehead atoms. The van der Waals surface area contributed by atoms with E-state index in [0.717, 1.165) is 4.90 Å². The van der Waals surface area contributed by atoms with E-state index >= 15 is 0 Å². The second kappa shape index (κ2) is 7.23. The summed E-state index contributed by atoms with van der Waals surface area (Å²) in [6.07, 6.45) is -2.21. The topological polar surface area (TPSA) is 71.5 Å². The van der Waals surface area contributed by atoms with Crippen LogP contribution in [-0.2, 0) is 9.53 Å². The Morgan fingerprint density at radius 1 is 1.44 bits per heavy atom. The lowest BCUT2D eigenvalue weighted by molar-refractivity contribution is -0.120. The summed E-state index contributed by atoms with van der Waals surface area (Å²) < 4.78 is 32.4. The predicted molar refractivity (Wildman–Crippen MR) is 91.5 cm³/mol. The van der Waals surface area contributed by atoms with E-state index in [2.05, 4.69) is 26.2 Å². The Labute approximate surface area is 153 Å². The second-order valence-corrected chi connectivity index (χ2v) is 7.65.